The topological polar surface area (TPSA) is 26.3 Å². The molecule has 0 saturated carbocycles. The van der Waals surface area contributed by atoms with E-state index in [0.717, 1.165) is 6.29 Å². The third kappa shape index (κ3) is 4.29. The van der Waals surface area contributed by atoms with Crippen LogP contribution >= 0.6 is 0 Å². The summed E-state index contributed by atoms with van der Waals surface area (Å²) < 4.78 is 6.27. The number of carbonyl (C=O) groups is 1. The van der Waals surface area contributed by atoms with Gasteiger partial charge in [0.15, 0.2) is 8.32 Å². The second kappa shape index (κ2) is 5.84. The fourth-order valence-corrected chi connectivity index (χ4v) is 2.81. The van der Waals surface area contributed by atoms with Crippen LogP contribution < -0.4 is 0 Å². The van der Waals surface area contributed by atoms with E-state index in [0.29, 0.717) is 0 Å². The summed E-state index contributed by atoms with van der Waals surface area (Å²) in [5.74, 6) is 2.50. The number of aldehydes is 1. The van der Waals surface area contributed by atoms with E-state index in [1.54, 1.807) is 0 Å². The van der Waals surface area contributed by atoms with Crippen LogP contribution in [0.4, 0.5) is 0 Å². The molecular weight excluding hydrogens is 228 g/mol. The lowest BCUT2D eigenvalue weighted by atomic mass is 9.95. The van der Waals surface area contributed by atoms with Crippen molar-refractivity contribution in [3.05, 3.63) is 0 Å². The summed E-state index contributed by atoms with van der Waals surface area (Å²) in [6.45, 7) is 14.7. The SMILES string of the molecule is C#C[C@@H](C)[C@H](O[Si](C)(C)C(C)(C)C)[C@@H](C)C=O. The third-order valence-electron chi connectivity index (χ3n) is 3.73. The van der Waals surface area contributed by atoms with Gasteiger partial charge in [0.2, 0.25) is 0 Å². The largest absolute Gasteiger partial charge is 0.412 e. The summed E-state index contributed by atoms with van der Waals surface area (Å²) >= 11 is 0. The molecule has 3 atom stereocenters. The van der Waals surface area contributed by atoms with Gasteiger partial charge in [0.1, 0.15) is 6.29 Å². The molecule has 0 rings (SSSR count). The van der Waals surface area contributed by atoms with Crippen molar-refractivity contribution in [2.45, 2.75) is 58.9 Å². The van der Waals surface area contributed by atoms with Gasteiger partial charge in [-0.3, -0.25) is 0 Å². The average Bonchev–Trinajstić information content (AvgIpc) is 2.22. The quantitative estimate of drug-likeness (QED) is 0.426. The molecule has 0 unspecified atom stereocenters. The van der Waals surface area contributed by atoms with Gasteiger partial charge in [0, 0.05) is 11.8 Å². The molecule has 0 spiro atoms. The molecule has 0 fully saturated rings. The highest BCUT2D eigenvalue weighted by molar-refractivity contribution is 6.74. The van der Waals surface area contributed by atoms with E-state index < -0.39 is 8.32 Å². The second-order valence-corrected chi connectivity index (χ2v) is 11.0. The summed E-state index contributed by atoms with van der Waals surface area (Å²) in [6.07, 6.45) is 6.23. The van der Waals surface area contributed by atoms with Crippen LogP contribution in [-0.2, 0) is 9.22 Å². The van der Waals surface area contributed by atoms with Crippen molar-refractivity contribution in [3.8, 4) is 12.3 Å². The van der Waals surface area contributed by atoms with E-state index in [9.17, 15) is 4.79 Å². The first-order valence-electron chi connectivity index (χ1n) is 6.16. The van der Waals surface area contributed by atoms with Gasteiger partial charge in [0.25, 0.3) is 0 Å². The zero-order valence-corrected chi connectivity index (χ0v) is 13.2. The molecule has 0 amide bonds. The van der Waals surface area contributed by atoms with Gasteiger partial charge in [-0.15, -0.1) is 12.3 Å². The van der Waals surface area contributed by atoms with Crippen LogP contribution in [-0.4, -0.2) is 20.7 Å². The lowest BCUT2D eigenvalue weighted by Gasteiger charge is -2.41. The van der Waals surface area contributed by atoms with Crippen molar-refractivity contribution in [3.63, 3.8) is 0 Å². The zero-order valence-electron chi connectivity index (χ0n) is 12.2. The molecule has 0 aromatic rings. The molecule has 0 aliphatic carbocycles. The van der Waals surface area contributed by atoms with Crippen LogP contribution in [0.15, 0.2) is 0 Å². The molecule has 0 radical (unpaired) electrons. The molecule has 98 valence electrons. The Kier molecular flexibility index (Phi) is 5.63. The Morgan fingerprint density at radius 3 is 2.06 bits per heavy atom. The Morgan fingerprint density at radius 2 is 1.76 bits per heavy atom. The van der Waals surface area contributed by atoms with Crippen molar-refractivity contribution >= 4 is 14.6 Å². The first kappa shape index (κ1) is 16.4. The summed E-state index contributed by atoms with van der Waals surface area (Å²) in [5, 5.41) is 0.127. The molecule has 17 heavy (non-hydrogen) atoms. The molecule has 0 N–H and O–H groups in total. The molecule has 3 heteroatoms. The van der Waals surface area contributed by atoms with E-state index in [2.05, 4.69) is 39.8 Å². The van der Waals surface area contributed by atoms with Crippen molar-refractivity contribution < 1.29 is 9.22 Å². The predicted octanol–water partition coefficient (Wildman–Crippen LogP) is 3.48. The normalized spacial score (nSPS) is 18.0. The maximum Gasteiger partial charge on any atom is 0.192 e. The third-order valence-corrected chi connectivity index (χ3v) is 8.20. The highest BCUT2D eigenvalue weighted by Gasteiger charge is 2.41. The molecule has 0 aliphatic rings. The number of hydrogen-bond acceptors (Lipinski definition) is 2. The van der Waals surface area contributed by atoms with E-state index in [-0.39, 0.29) is 23.0 Å². The van der Waals surface area contributed by atoms with Gasteiger partial charge in [-0.1, -0.05) is 27.7 Å². The molecule has 0 saturated heterocycles. The van der Waals surface area contributed by atoms with Crippen molar-refractivity contribution in [2.24, 2.45) is 11.8 Å². The molecule has 0 aromatic heterocycles. The van der Waals surface area contributed by atoms with E-state index in [1.807, 2.05) is 13.8 Å². The molecular formula is C14H26O2Si. The van der Waals surface area contributed by atoms with E-state index in [1.165, 1.54) is 0 Å². The van der Waals surface area contributed by atoms with Crippen LogP contribution in [0.25, 0.3) is 0 Å². The Morgan fingerprint density at radius 1 is 1.29 bits per heavy atom. The van der Waals surface area contributed by atoms with Gasteiger partial charge in [-0.05, 0) is 25.1 Å². The maximum atomic E-state index is 11.0. The smallest absolute Gasteiger partial charge is 0.192 e. The summed E-state index contributed by atoms with van der Waals surface area (Å²) in [6, 6.07) is 0. The number of hydrogen-bond donors (Lipinski definition) is 0. The monoisotopic (exact) mass is 254 g/mol. The first-order valence-corrected chi connectivity index (χ1v) is 9.07. The summed E-state index contributed by atoms with van der Waals surface area (Å²) in [7, 11) is -1.88. The van der Waals surface area contributed by atoms with Gasteiger partial charge >= 0.3 is 0 Å². The molecule has 0 bridgehead atoms. The van der Waals surface area contributed by atoms with Crippen molar-refractivity contribution in [1.82, 2.24) is 0 Å². The van der Waals surface area contributed by atoms with Gasteiger partial charge in [-0.25, -0.2) is 0 Å². The Bertz CT molecular complexity index is 296. The van der Waals surface area contributed by atoms with Gasteiger partial charge in [-0.2, -0.15) is 0 Å². The fraction of sp³-hybridized carbons (Fsp3) is 0.786. The zero-order chi connectivity index (χ0) is 13.9. The Balaban J connectivity index is 5.01. The van der Waals surface area contributed by atoms with Gasteiger partial charge < -0.3 is 9.22 Å². The molecule has 0 aromatic carbocycles. The number of terminal acetylenes is 1. The Labute approximate surface area is 107 Å². The summed E-state index contributed by atoms with van der Waals surface area (Å²) in [4.78, 5) is 11.0. The number of carbonyl (C=O) groups excluding carboxylic acids is 1. The van der Waals surface area contributed by atoms with Gasteiger partial charge in [0.05, 0.1) is 6.10 Å². The number of rotatable bonds is 5. The van der Waals surface area contributed by atoms with Crippen LogP contribution in [0.2, 0.25) is 18.1 Å². The van der Waals surface area contributed by atoms with Crippen LogP contribution in [0.1, 0.15) is 34.6 Å². The highest BCUT2D eigenvalue weighted by atomic mass is 28.4. The first-order chi connectivity index (χ1) is 7.56. The summed E-state index contributed by atoms with van der Waals surface area (Å²) in [5.41, 5.74) is 0. The maximum absolute atomic E-state index is 11.0. The molecule has 0 heterocycles. The fourth-order valence-electron chi connectivity index (χ4n) is 1.35. The van der Waals surface area contributed by atoms with Crippen molar-refractivity contribution in [2.75, 3.05) is 0 Å². The van der Waals surface area contributed by atoms with Crippen LogP contribution in [0.5, 0.6) is 0 Å². The Hall–Kier alpha value is -0.593. The van der Waals surface area contributed by atoms with Crippen LogP contribution in [0, 0.1) is 24.2 Å². The predicted molar refractivity (Wildman–Crippen MR) is 75.3 cm³/mol. The molecule has 0 aliphatic heterocycles. The lowest BCUT2D eigenvalue weighted by molar-refractivity contribution is -0.113. The average molecular weight is 254 g/mol. The second-order valence-electron chi connectivity index (χ2n) is 6.29. The lowest BCUT2D eigenvalue weighted by Crippen LogP contribution is -2.47. The van der Waals surface area contributed by atoms with E-state index >= 15 is 0 Å². The van der Waals surface area contributed by atoms with Crippen LogP contribution in [0.3, 0.4) is 0 Å². The molecule has 2 nitrogen and oxygen atoms in total. The van der Waals surface area contributed by atoms with E-state index in [4.69, 9.17) is 10.8 Å². The highest BCUT2D eigenvalue weighted by Crippen LogP contribution is 2.38. The minimum atomic E-state index is -1.88. The minimum Gasteiger partial charge on any atom is -0.412 e. The van der Waals surface area contributed by atoms with Crippen molar-refractivity contribution in [1.29, 1.82) is 0 Å². The minimum absolute atomic E-state index is 0.0377. The standard InChI is InChI=1S/C14H26O2Si/c1-9-11(2)13(12(3)10-15)16-17(7,8)14(4,5)6/h1,10-13H,2-8H3/t11-,12+,13+/m1/s1.